The maximum absolute atomic E-state index is 4.19. The molecule has 4 aromatic rings. The number of H-pyrrole nitrogens is 1. The minimum Gasteiger partial charge on any atom is -0.177 e. The molecular weight excluding hydrogens is 388 g/mol. The van der Waals surface area contributed by atoms with E-state index in [2.05, 4.69) is 117 Å². The number of benzene rings is 2. The Morgan fingerprint density at radius 1 is 0.767 bits per heavy atom. The van der Waals surface area contributed by atoms with Crippen molar-refractivity contribution in [3.8, 4) is 32.3 Å². The van der Waals surface area contributed by atoms with Crippen LogP contribution in [-0.2, 0) is 10.8 Å². The molecule has 0 fully saturated rings. The third kappa shape index (κ3) is 4.08. The summed E-state index contributed by atoms with van der Waals surface area (Å²) < 4.78 is 0. The summed E-state index contributed by atoms with van der Waals surface area (Å²) in [7, 11) is 0. The second-order valence-electron chi connectivity index (χ2n) is 9.75. The van der Waals surface area contributed by atoms with Crippen molar-refractivity contribution >= 4 is 11.3 Å². The Hall–Kier alpha value is -2.79. The Kier molecular flexibility index (Phi) is 5.10. The predicted octanol–water partition coefficient (Wildman–Crippen LogP) is 6.86. The summed E-state index contributed by atoms with van der Waals surface area (Å²) in [6.07, 6.45) is 0. The van der Waals surface area contributed by atoms with Gasteiger partial charge in [0, 0.05) is 10.4 Å². The van der Waals surface area contributed by atoms with Crippen molar-refractivity contribution in [1.29, 1.82) is 0 Å². The highest BCUT2D eigenvalue weighted by molar-refractivity contribution is 7.19. The Bertz CT molecular complexity index is 1140. The van der Waals surface area contributed by atoms with Gasteiger partial charge in [-0.05, 0) is 44.4 Å². The molecule has 0 aliphatic rings. The third-order valence-electron chi connectivity index (χ3n) is 5.35. The zero-order valence-corrected chi connectivity index (χ0v) is 19.3. The summed E-state index contributed by atoms with van der Waals surface area (Å²) >= 11 is 1.71. The second kappa shape index (κ2) is 7.47. The molecule has 4 nitrogen and oxygen atoms in total. The predicted molar refractivity (Wildman–Crippen MR) is 126 cm³/mol. The van der Waals surface area contributed by atoms with Gasteiger partial charge in [0.25, 0.3) is 0 Å². The van der Waals surface area contributed by atoms with Gasteiger partial charge in [-0.2, -0.15) is 5.21 Å². The number of aromatic nitrogens is 4. The van der Waals surface area contributed by atoms with Gasteiger partial charge >= 0.3 is 0 Å². The summed E-state index contributed by atoms with van der Waals surface area (Å²) in [5.41, 5.74) is 6.50. The van der Waals surface area contributed by atoms with Crippen LogP contribution in [0, 0.1) is 0 Å². The van der Waals surface area contributed by atoms with Gasteiger partial charge in [0.05, 0.1) is 4.88 Å². The number of aromatic amines is 1. The monoisotopic (exact) mass is 416 g/mol. The SMILES string of the molecule is CC(C)(C)c1ccc(-c2sc(-c3nn[nH]n3)cc2-c2cccc(C(C)(C)C)c2)cc1. The lowest BCUT2D eigenvalue weighted by molar-refractivity contribution is 0.590. The molecule has 0 atom stereocenters. The number of hydrogen-bond acceptors (Lipinski definition) is 4. The van der Waals surface area contributed by atoms with E-state index in [0.717, 1.165) is 4.88 Å². The normalized spacial score (nSPS) is 12.3. The maximum atomic E-state index is 4.19. The van der Waals surface area contributed by atoms with Crippen LogP contribution in [0.4, 0.5) is 0 Å². The van der Waals surface area contributed by atoms with Gasteiger partial charge in [-0.3, -0.25) is 0 Å². The highest BCUT2D eigenvalue weighted by Crippen LogP contribution is 2.43. The molecule has 0 spiro atoms. The quantitative estimate of drug-likeness (QED) is 0.397. The first-order chi connectivity index (χ1) is 14.1. The molecule has 154 valence electrons. The van der Waals surface area contributed by atoms with Crippen molar-refractivity contribution in [3.05, 3.63) is 65.7 Å². The van der Waals surface area contributed by atoms with Gasteiger partial charge in [-0.1, -0.05) is 90.1 Å². The van der Waals surface area contributed by atoms with E-state index in [0.29, 0.717) is 5.82 Å². The van der Waals surface area contributed by atoms with Crippen LogP contribution >= 0.6 is 11.3 Å². The lowest BCUT2D eigenvalue weighted by Gasteiger charge is -2.20. The van der Waals surface area contributed by atoms with Crippen molar-refractivity contribution in [2.24, 2.45) is 0 Å². The molecule has 30 heavy (non-hydrogen) atoms. The first kappa shape index (κ1) is 20.5. The summed E-state index contributed by atoms with van der Waals surface area (Å²) in [5, 5.41) is 14.7. The molecule has 0 aliphatic heterocycles. The average Bonchev–Trinajstić information content (AvgIpc) is 3.37. The number of tetrazole rings is 1. The standard InChI is InChI=1S/C25H28N4S/c1-24(2,3)18-12-10-16(11-13-18)22-20(15-21(30-22)23-26-28-29-27-23)17-8-7-9-19(14-17)25(4,5)6/h7-15H,1-6H3,(H,26,27,28,29). The van der Waals surface area contributed by atoms with Gasteiger partial charge in [-0.15, -0.1) is 21.5 Å². The van der Waals surface area contributed by atoms with Crippen LogP contribution in [-0.4, -0.2) is 20.6 Å². The zero-order valence-electron chi connectivity index (χ0n) is 18.4. The number of nitrogens with zero attached hydrogens (tertiary/aromatic N) is 3. The second-order valence-corrected chi connectivity index (χ2v) is 10.8. The van der Waals surface area contributed by atoms with Gasteiger partial charge in [0.2, 0.25) is 5.82 Å². The summed E-state index contributed by atoms with van der Waals surface area (Å²) in [6.45, 7) is 13.5. The van der Waals surface area contributed by atoms with Crippen LogP contribution in [0.5, 0.6) is 0 Å². The van der Waals surface area contributed by atoms with Crippen LogP contribution in [0.15, 0.2) is 54.6 Å². The molecule has 2 heterocycles. The lowest BCUT2D eigenvalue weighted by Crippen LogP contribution is -2.10. The molecule has 0 unspecified atom stereocenters. The minimum absolute atomic E-state index is 0.0943. The van der Waals surface area contributed by atoms with E-state index < -0.39 is 0 Å². The molecule has 0 amide bonds. The molecule has 0 saturated carbocycles. The summed E-state index contributed by atoms with van der Waals surface area (Å²) in [5.74, 6) is 0.630. The van der Waals surface area contributed by atoms with Gasteiger partial charge in [0.1, 0.15) is 0 Å². The molecule has 0 bridgehead atoms. The Labute approximate surface area is 182 Å². The number of hydrogen-bond donors (Lipinski definition) is 1. The Morgan fingerprint density at radius 3 is 2.07 bits per heavy atom. The minimum atomic E-state index is 0.0943. The van der Waals surface area contributed by atoms with E-state index in [1.807, 2.05) is 0 Å². The van der Waals surface area contributed by atoms with Crippen molar-refractivity contribution in [1.82, 2.24) is 20.6 Å². The van der Waals surface area contributed by atoms with Crippen molar-refractivity contribution < 1.29 is 0 Å². The van der Waals surface area contributed by atoms with E-state index in [1.165, 1.54) is 32.7 Å². The lowest BCUT2D eigenvalue weighted by atomic mass is 9.85. The van der Waals surface area contributed by atoms with Crippen molar-refractivity contribution in [3.63, 3.8) is 0 Å². The average molecular weight is 417 g/mol. The molecule has 4 rings (SSSR count). The van der Waals surface area contributed by atoms with Crippen LogP contribution in [0.1, 0.15) is 52.7 Å². The van der Waals surface area contributed by atoms with Crippen LogP contribution in [0.3, 0.4) is 0 Å². The Balaban J connectivity index is 1.86. The first-order valence-electron chi connectivity index (χ1n) is 10.2. The fourth-order valence-electron chi connectivity index (χ4n) is 3.47. The third-order valence-corrected chi connectivity index (χ3v) is 6.53. The van der Waals surface area contributed by atoms with E-state index in [1.54, 1.807) is 11.3 Å². The summed E-state index contributed by atoms with van der Waals surface area (Å²) in [4.78, 5) is 2.23. The number of rotatable bonds is 3. The van der Waals surface area contributed by atoms with Gasteiger partial charge in [0.15, 0.2) is 0 Å². The first-order valence-corrected chi connectivity index (χ1v) is 11.0. The van der Waals surface area contributed by atoms with Crippen molar-refractivity contribution in [2.45, 2.75) is 52.4 Å². The molecule has 0 saturated heterocycles. The number of thiophene rings is 1. The van der Waals surface area contributed by atoms with E-state index in [4.69, 9.17) is 0 Å². The highest BCUT2D eigenvalue weighted by Gasteiger charge is 2.20. The van der Waals surface area contributed by atoms with Crippen LogP contribution in [0.25, 0.3) is 32.3 Å². The van der Waals surface area contributed by atoms with Gasteiger partial charge in [-0.25, -0.2) is 0 Å². The zero-order chi connectivity index (χ0) is 21.5. The molecule has 2 aromatic heterocycles. The molecule has 0 aliphatic carbocycles. The molecule has 2 aromatic carbocycles. The van der Waals surface area contributed by atoms with E-state index >= 15 is 0 Å². The van der Waals surface area contributed by atoms with Gasteiger partial charge < -0.3 is 0 Å². The number of nitrogens with one attached hydrogen (secondary N) is 1. The van der Waals surface area contributed by atoms with Crippen molar-refractivity contribution in [2.75, 3.05) is 0 Å². The molecule has 0 radical (unpaired) electrons. The maximum Gasteiger partial charge on any atom is 0.214 e. The highest BCUT2D eigenvalue weighted by atomic mass is 32.1. The summed E-state index contributed by atoms with van der Waals surface area (Å²) in [6, 6.07) is 19.9. The largest absolute Gasteiger partial charge is 0.214 e. The van der Waals surface area contributed by atoms with E-state index in [-0.39, 0.29) is 10.8 Å². The fraction of sp³-hybridized carbons (Fsp3) is 0.320. The van der Waals surface area contributed by atoms with Crippen LogP contribution < -0.4 is 0 Å². The molecule has 5 heteroatoms. The molecular formula is C25H28N4S. The smallest absolute Gasteiger partial charge is 0.177 e. The topological polar surface area (TPSA) is 54.5 Å². The fourth-order valence-corrected chi connectivity index (χ4v) is 4.59. The van der Waals surface area contributed by atoms with Crippen LogP contribution in [0.2, 0.25) is 0 Å². The van der Waals surface area contributed by atoms with E-state index in [9.17, 15) is 0 Å². The Morgan fingerprint density at radius 2 is 1.47 bits per heavy atom. The molecule has 1 N–H and O–H groups in total.